The van der Waals surface area contributed by atoms with E-state index >= 15 is 0 Å². The average Bonchev–Trinajstić information content (AvgIpc) is 2.94. The minimum absolute atomic E-state index is 0.330. The van der Waals surface area contributed by atoms with Crippen LogP contribution >= 0.6 is 27.3 Å². The topological polar surface area (TPSA) is 18.5 Å². The molecule has 1 aromatic heterocycles. The summed E-state index contributed by atoms with van der Waals surface area (Å²) in [7, 11) is -0.339. The summed E-state index contributed by atoms with van der Waals surface area (Å²) in [6.45, 7) is 8.37. The molecule has 0 radical (unpaired) electrons. The number of rotatable bonds is 1. The molecule has 23 heavy (non-hydrogen) atoms. The quantitative estimate of drug-likeness (QED) is 0.539. The van der Waals surface area contributed by atoms with Gasteiger partial charge in [0, 0.05) is 24.6 Å². The zero-order valence-corrected chi connectivity index (χ0v) is 16.0. The number of thiophene rings is 1. The van der Waals surface area contributed by atoms with Gasteiger partial charge in [-0.1, -0.05) is 34.1 Å². The molecule has 0 atom stereocenters. The highest BCUT2D eigenvalue weighted by Crippen LogP contribution is 2.40. The number of hydrogen-bond donors (Lipinski definition) is 0. The van der Waals surface area contributed by atoms with Gasteiger partial charge in [0.05, 0.1) is 11.2 Å². The summed E-state index contributed by atoms with van der Waals surface area (Å²) in [5, 5.41) is 2.48. The van der Waals surface area contributed by atoms with Crippen molar-refractivity contribution in [3.05, 3.63) is 40.9 Å². The van der Waals surface area contributed by atoms with Crippen molar-refractivity contribution in [3.63, 3.8) is 0 Å². The lowest BCUT2D eigenvalue weighted by molar-refractivity contribution is 0.00578. The number of hydrogen-bond acceptors (Lipinski definition) is 3. The van der Waals surface area contributed by atoms with Gasteiger partial charge >= 0.3 is 7.12 Å². The SMILES string of the molecule is CC1(C)OB(c2cccc3sc4cccc(Br)c4c23)OC1(C)C. The highest BCUT2D eigenvalue weighted by molar-refractivity contribution is 9.10. The normalized spacial score (nSPS) is 19.8. The van der Waals surface area contributed by atoms with E-state index in [4.69, 9.17) is 9.31 Å². The van der Waals surface area contributed by atoms with E-state index in [1.807, 2.05) is 11.3 Å². The van der Waals surface area contributed by atoms with Gasteiger partial charge in [0.1, 0.15) is 0 Å². The Bertz CT molecular complexity index is 900. The molecule has 2 nitrogen and oxygen atoms in total. The van der Waals surface area contributed by atoms with E-state index in [0.717, 1.165) is 9.94 Å². The third kappa shape index (κ3) is 2.29. The second-order valence-corrected chi connectivity index (χ2v) is 8.96. The van der Waals surface area contributed by atoms with Crippen LogP contribution in [0.2, 0.25) is 0 Å². The summed E-state index contributed by atoms with van der Waals surface area (Å²) in [5.74, 6) is 0. The van der Waals surface area contributed by atoms with Crippen LogP contribution in [0, 0.1) is 0 Å². The molecular weight excluding hydrogens is 371 g/mol. The summed E-state index contributed by atoms with van der Waals surface area (Å²) in [6, 6.07) is 12.7. The monoisotopic (exact) mass is 388 g/mol. The van der Waals surface area contributed by atoms with Gasteiger partial charge in [-0.25, -0.2) is 0 Å². The minimum Gasteiger partial charge on any atom is -0.399 e. The van der Waals surface area contributed by atoms with Gasteiger partial charge in [0.25, 0.3) is 0 Å². The predicted molar refractivity (Wildman–Crippen MR) is 103 cm³/mol. The van der Waals surface area contributed by atoms with E-state index < -0.39 is 0 Å². The Morgan fingerprint density at radius 3 is 2.09 bits per heavy atom. The first kappa shape index (κ1) is 15.6. The lowest BCUT2D eigenvalue weighted by atomic mass is 9.76. The van der Waals surface area contributed by atoms with Crippen LogP contribution in [-0.4, -0.2) is 18.3 Å². The first-order valence-electron chi connectivity index (χ1n) is 7.75. The van der Waals surface area contributed by atoms with Crippen molar-refractivity contribution in [1.82, 2.24) is 0 Å². The maximum Gasteiger partial charge on any atom is 0.495 e. The van der Waals surface area contributed by atoms with Crippen molar-refractivity contribution in [2.24, 2.45) is 0 Å². The third-order valence-corrected chi connectivity index (χ3v) is 6.79. The Kier molecular flexibility index (Phi) is 3.44. The van der Waals surface area contributed by atoms with Crippen LogP contribution in [0.3, 0.4) is 0 Å². The van der Waals surface area contributed by atoms with Crippen LogP contribution < -0.4 is 5.46 Å². The number of fused-ring (bicyclic) bond motifs is 3. The predicted octanol–water partition coefficient (Wildman–Crippen LogP) is 5.12. The molecule has 5 heteroatoms. The molecule has 0 N–H and O–H groups in total. The van der Waals surface area contributed by atoms with Gasteiger partial charge in [-0.05, 0) is 51.4 Å². The van der Waals surface area contributed by atoms with Crippen LogP contribution in [0.4, 0.5) is 0 Å². The molecule has 0 unspecified atom stereocenters. The largest absolute Gasteiger partial charge is 0.495 e. The maximum absolute atomic E-state index is 6.28. The molecule has 0 aliphatic carbocycles. The smallest absolute Gasteiger partial charge is 0.399 e. The van der Waals surface area contributed by atoms with Crippen molar-refractivity contribution >= 4 is 60.0 Å². The van der Waals surface area contributed by atoms with Gasteiger partial charge in [0.2, 0.25) is 0 Å². The van der Waals surface area contributed by atoms with E-state index in [9.17, 15) is 0 Å². The van der Waals surface area contributed by atoms with Crippen molar-refractivity contribution in [1.29, 1.82) is 0 Å². The average molecular weight is 389 g/mol. The summed E-state index contributed by atoms with van der Waals surface area (Å²) in [6.07, 6.45) is 0. The molecule has 1 saturated heterocycles. The number of benzene rings is 2. The van der Waals surface area contributed by atoms with Crippen LogP contribution in [0.15, 0.2) is 40.9 Å². The highest BCUT2D eigenvalue weighted by Gasteiger charge is 2.52. The standard InChI is InChI=1S/C18H18BBrO2S/c1-17(2)18(3,4)22-19(21-17)11-7-5-9-13-15(11)16-12(20)8-6-10-14(16)23-13/h5-10H,1-4H3. The Labute approximate surface area is 149 Å². The van der Waals surface area contributed by atoms with Crippen LogP contribution in [-0.2, 0) is 9.31 Å². The molecule has 118 valence electrons. The molecular formula is C18H18BBrO2S. The van der Waals surface area contributed by atoms with Crippen molar-refractivity contribution in [3.8, 4) is 0 Å². The van der Waals surface area contributed by atoms with E-state index in [2.05, 4.69) is 80.0 Å². The lowest BCUT2D eigenvalue weighted by Crippen LogP contribution is -2.41. The summed E-state index contributed by atoms with van der Waals surface area (Å²) < 4.78 is 16.2. The molecule has 4 rings (SSSR count). The first-order valence-corrected chi connectivity index (χ1v) is 9.36. The fourth-order valence-corrected chi connectivity index (χ4v) is 4.88. The second-order valence-electron chi connectivity index (χ2n) is 7.02. The van der Waals surface area contributed by atoms with Gasteiger partial charge < -0.3 is 9.31 Å². The maximum atomic E-state index is 6.28. The van der Waals surface area contributed by atoms with Crippen LogP contribution in [0.25, 0.3) is 20.2 Å². The molecule has 0 bridgehead atoms. The minimum atomic E-state index is -0.339. The molecule has 1 aliphatic rings. The first-order chi connectivity index (χ1) is 10.8. The molecule has 1 aliphatic heterocycles. The molecule has 0 saturated carbocycles. The summed E-state index contributed by atoms with van der Waals surface area (Å²) >= 11 is 5.52. The van der Waals surface area contributed by atoms with Gasteiger partial charge in [0.15, 0.2) is 0 Å². The molecule has 3 aromatic rings. The molecule has 2 heterocycles. The van der Waals surface area contributed by atoms with E-state index in [0.29, 0.717) is 0 Å². The zero-order chi connectivity index (χ0) is 16.4. The lowest BCUT2D eigenvalue weighted by Gasteiger charge is -2.32. The molecule has 0 spiro atoms. The van der Waals surface area contributed by atoms with Gasteiger partial charge in [-0.15, -0.1) is 11.3 Å². The van der Waals surface area contributed by atoms with Gasteiger partial charge in [-0.3, -0.25) is 0 Å². The molecule has 0 amide bonds. The third-order valence-electron chi connectivity index (χ3n) is 5.01. The number of halogens is 1. The summed E-state index contributed by atoms with van der Waals surface area (Å²) in [4.78, 5) is 0. The van der Waals surface area contributed by atoms with Gasteiger partial charge in [-0.2, -0.15) is 0 Å². The van der Waals surface area contributed by atoms with E-state index in [1.165, 1.54) is 20.2 Å². The molecule has 2 aromatic carbocycles. The second kappa shape index (κ2) is 5.06. The Morgan fingerprint density at radius 2 is 1.43 bits per heavy atom. The van der Waals surface area contributed by atoms with E-state index in [-0.39, 0.29) is 18.3 Å². The fourth-order valence-electron chi connectivity index (χ4n) is 3.02. The van der Waals surface area contributed by atoms with Crippen LogP contribution in [0.5, 0.6) is 0 Å². The Hall–Kier alpha value is -0.875. The Morgan fingerprint density at radius 1 is 0.870 bits per heavy atom. The fraction of sp³-hybridized carbons (Fsp3) is 0.333. The van der Waals surface area contributed by atoms with Crippen molar-refractivity contribution in [2.75, 3.05) is 0 Å². The molecule has 1 fully saturated rings. The van der Waals surface area contributed by atoms with E-state index in [1.54, 1.807) is 0 Å². The van der Waals surface area contributed by atoms with Crippen molar-refractivity contribution in [2.45, 2.75) is 38.9 Å². The summed E-state index contributed by atoms with van der Waals surface area (Å²) in [5.41, 5.74) is 0.450. The zero-order valence-electron chi connectivity index (χ0n) is 13.6. The Balaban J connectivity index is 1.97. The van der Waals surface area contributed by atoms with Crippen LogP contribution in [0.1, 0.15) is 27.7 Å². The highest BCUT2D eigenvalue weighted by atomic mass is 79.9. The van der Waals surface area contributed by atoms with Crippen molar-refractivity contribution < 1.29 is 9.31 Å².